The number of carbonyl (C=O) groups excluding carboxylic acids is 1. The van der Waals surface area contributed by atoms with Crippen LogP contribution in [-0.2, 0) is 20.8 Å². The van der Waals surface area contributed by atoms with Crippen LogP contribution in [0.25, 0.3) is 0 Å². The van der Waals surface area contributed by atoms with Crippen LogP contribution in [0, 0.1) is 0 Å². The molecule has 3 N–H and O–H groups in total. The molecule has 7 nitrogen and oxygen atoms in total. The summed E-state index contributed by atoms with van der Waals surface area (Å²) in [5.74, 6) is 4.63. The van der Waals surface area contributed by atoms with Gasteiger partial charge in [0.25, 0.3) is 5.91 Å². The monoisotopic (exact) mass is 283 g/mol. The predicted molar refractivity (Wildman–Crippen MR) is 72.9 cm³/mol. The zero-order valence-electron chi connectivity index (χ0n) is 11.6. The van der Waals surface area contributed by atoms with Gasteiger partial charge in [-0.3, -0.25) is 10.2 Å². The fourth-order valence-corrected chi connectivity index (χ4v) is 1.44. The van der Waals surface area contributed by atoms with Crippen LogP contribution in [0.5, 0.6) is 0 Å². The van der Waals surface area contributed by atoms with Crippen molar-refractivity contribution in [3.8, 4) is 0 Å². The fraction of sp³-hybridized carbons (Fsp3) is 0.538. The summed E-state index contributed by atoms with van der Waals surface area (Å²) in [5.41, 5.74) is 3.00. The first-order chi connectivity index (χ1) is 9.77. The molecule has 1 aromatic heterocycles. The normalized spacial score (nSPS) is 10.5. The predicted octanol–water partition coefficient (Wildman–Crippen LogP) is 0.255. The van der Waals surface area contributed by atoms with Crippen LogP contribution >= 0.6 is 0 Å². The van der Waals surface area contributed by atoms with Crippen molar-refractivity contribution in [2.45, 2.75) is 13.0 Å². The van der Waals surface area contributed by atoms with Crippen LogP contribution < -0.4 is 11.3 Å². The molecule has 1 amide bonds. The summed E-state index contributed by atoms with van der Waals surface area (Å²) < 4.78 is 15.6. The first-order valence-electron chi connectivity index (χ1n) is 6.39. The summed E-state index contributed by atoms with van der Waals surface area (Å²) in [6.07, 6.45) is 0.798. The summed E-state index contributed by atoms with van der Waals surface area (Å²) in [6.45, 7) is 2.74. The number of nitrogens with two attached hydrogens (primary N) is 1. The van der Waals surface area contributed by atoms with E-state index < -0.39 is 5.91 Å². The number of nitrogens with one attached hydrogen (secondary N) is 1. The van der Waals surface area contributed by atoms with Crippen LogP contribution in [0.4, 0.5) is 0 Å². The van der Waals surface area contributed by atoms with Crippen molar-refractivity contribution in [3.63, 3.8) is 0 Å². The van der Waals surface area contributed by atoms with Gasteiger partial charge in [-0.25, -0.2) is 10.8 Å². The van der Waals surface area contributed by atoms with Gasteiger partial charge in [0.15, 0.2) is 0 Å². The molecule has 0 aliphatic rings. The standard InChI is InChI=1S/C13H21N3O4/c1-18-8-9-19-6-3-7-20-10-11-4-2-5-12(15-11)13(17)16-14/h2,4-5H,3,6-10,14H2,1H3,(H,16,17). The minimum atomic E-state index is -0.418. The molecular weight excluding hydrogens is 262 g/mol. The third kappa shape index (κ3) is 6.58. The Hall–Kier alpha value is -1.54. The number of ether oxygens (including phenoxy) is 3. The molecular formula is C13H21N3O4. The lowest BCUT2D eigenvalue weighted by Crippen LogP contribution is -2.30. The molecule has 0 spiro atoms. The van der Waals surface area contributed by atoms with Gasteiger partial charge in [0, 0.05) is 20.3 Å². The lowest BCUT2D eigenvalue weighted by Gasteiger charge is -2.06. The number of rotatable bonds is 10. The maximum Gasteiger partial charge on any atom is 0.283 e. The Morgan fingerprint density at radius 3 is 2.80 bits per heavy atom. The van der Waals surface area contributed by atoms with Crippen LogP contribution in [-0.4, -0.2) is 44.4 Å². The summed E-state index contributed by atoms with van der Waals surface area (Å²) >= 11 is 0. The Bertz CT molecular complexity index is 401. The van der Waals surface area contributed by atoms with E-state index in [0.717, 1.165) is 6.42 Å². The lowest BCUT2D eigenvalue weighted by atomic mass is 10.3. The summed E-state index contributed by atoms with van der Waals surface area (Å²) in [7, 11) is 1.64. The Morgan fingerprint density at radius 2 is 2.05 bits per heavy atom. The highest BCUT2D eigenvalue weighted by molar-refractivity contribution is 5.91. The van der Waals surface area contributed by atoms with E-state index in [4.69, 9.17) is 20.1 Å². The van der Waals surface area contributed by atoms with Gasteiger partial charge in [-0.05, 0) is 18.6 Å². The van der Waals surface area contributed by atoms with Gasteiger partial charge >= 0.3 is 0 Å². The van der Waals surface area contributed by atoms with E-state index in [1.807, 2.05) is 5.43 Å². The van der Waals surface area contributed by atoms with Crippen molar-refractivity contribution in [2.75, 3.05) is 33.5 Å². The summed E-state index contributed by atoms with van der Waals surface area (Å²) in [4.78, 5) is 15.4. The van der Waals surface area contributed by atoms with Gasteiger partial charge in [-0.2, -0.15) is 0 Å². The number of methoxy groups -OCH3 is 1. The Kier molecular flexibility index (Phi) is 8.48. The van der Waals surface area contributed by atoms with Gasteiger partial charge in [0.05, 0.1) is 25.5 Å². The van der Waals surface area contributed by atoms with Crippen molar-refractivity contribution in [3.05, 3.63) is 29.6 Å². The average Bonchev–Trinajstić information content (AvgIpc) is 2.49. The van der Waals surface area contributed by atoms with E-state index in [1.54, 1.807) is 25.3 Å². The summed E-state index contributed by atoms with van der Waals surface area (Å²) in [6, 6.07) is 5.13. The van der Waals surface area contributed by atoms with Crippen molar-refractivity contribution in [2.24, 2.45) is 5.84 Å². The number of nitrogens with zero attached hydrogens (tertiary/aromatic N) is 1. The smallest absolute Gasteiger partial charge is 0.283 e. The zero-order valence-corrected chi connectivity index (χ0v) is 11.6. The third-order valence-electron chi connectivity index (χ3n) is 2.43. The molecule has 20 heavy (non-hydrogen) atoms. The van der Waals surface area contributed by atoms with Gasteiger partial charge in [0.1, 0.15) is 5.69 Å². The number of aromatic nitrogens is 1. The highest BCUT2D eigenvalue weighted by Crippen LogP contribution is 2.01. The second kappa shape index (κ2) is 10.3. The molecule has 0 saturated carbocycles. The van der Waals surface area contributed by atoms with E-state index in [0.29, 0.717) is 38.7 Å². The SMILES string of the molecule is COCCOCCCOCc1cccc(C(=O)NN)n1. The number of hydrogen-bond acceptors (Lipinski definition) is 6. The van der Waals surface area contributed by atoms with Gasteiger partial charge in [0.2, 0.25) is 0 Å². The molecule has 7 heteroatoms. The number of amides is 1. The molecule has 1 aromatic rings. The van der Waals surface area contributed by atoms with Gasteiger partial charge in [-0.1, -0.05) is 6.07 Å². The number of hydrogen-bond donors (Lipinski definition) is 2. The lowest BCUT2D eigenvalue weighted by molar-refractivity contribution is 0.0478. The summed E-state index contributed by atoms with van der Waals surface area (Å²) in [5, 5.41) is 0. The molecule has 0 fully saturated rings. The topological polar surface area (TPSA) is 95.7 Å². The molecule has 0 bridgehead atoms. The van der Waals surface area contributed by atoms with Gasteiger partial charge in [-0.15, -0.1) is 0 Å². The minimum absolute atomic E-state index is 0.275. The molecule has 0 radical (unpaired) electrons. The maximum atomic E-state index is 11.3. The Labute approximate surface area is 118 Å². The molecule has 0 aromatic carbocycles. The van der Waals surface area contributed by atoms with Crippen molar-refractivity contribution >= 4 is 5.91 Å². The van der Waals surface area contributed by atoms with Crippen molar-refractivity contribution < 1.29 is 19.0 Å². The molecule has 0 unspecified atom stereocenters. The molecule has 112 valence electrons. The van der Waals surface area contributed by atoms with E-state index in [1.165, 1.54) is 0 Å². The number of pyridine rings is 1. The molecule has 0 aliphatic heterocycles. The Morgan fingerprint density at radius 1 is 1.25 bits per heavy atom. The first kappa shape index (κ1) is 16.5. The molecule has 0 atom stereocenters. The van der Waals surface area contributed by atoms with Crippen molar-refractivity contribution in [1.82, 2.24) is 10.4 Å². The van der Waals surface area contributed by atoms with Crippen molar-refractivity contribution in [1.29, 1.82) is 0 Å². The zero-order chi connectivity index (χ0) is 14.6. The first-order valence-corrected chi connectivity index (χ1v) is 6.39. The second-order valence-electron chi connectivity index (χ2n) is 4.00. The Balaban J connectivity index is 2.17. The number of nitrogen functional groups attached to an aromatic ring is 1. The highest BCUT2D eigenvalue weighted by atomic mass is 16.5. The molecule has 1 rings (SSSR count). The molecule has 0 aliphatic carbocycles. The second-order valence-corrected chi connectivity index (χ2v) is 4.00. The number of hydrazine groups is 1. The maximum absolute atomic E-state index is 11.3. The van der Waals surface area contributed by atoms with E-state index >= 15 is 0 Å². The van der Waals surface area contributed by atoms with Crippen LogP contribution in [0.3, 0.4) is 0 Å². The van der Waals surface area contributed by atoms with Crippen LogP contribution in [0.15, 0.2) is 18.2 Å². The van der Waals surface area contributed by atoms with E-state index in [2.05, 4.69) is 4.98 Å². The molecule has 1 heterocycles. The quantitative estimate of drug-likeness (QED) is 0.277. The van der Waals surface area contributed by atoms with E-state index in [-0.39, 0.29) is 5.69 Å². The van der Waals surface area contributed by atoms with Crippen LogP contribution in [0.2, 0.25) is 0 Å². The average molecular weight is 283 g/mol. The highest BCUT2D eigenvalue weighted by Gasteiger charge is 2.05. The van der Waals surface area contributed by atoms with Gasteiger partial charge < -0.3 is 14.2 Å². The third-order valence-corrected chi connectivity index (χ3v) is 2.43. The minimum Gasteiger partial charge on any atom is -0.382 e. The van der Waals surface area contributed by atoms with E-state index in [9.17, 15) is 4.79 Å². The molecule has 0 saturated heterocycles. The van der Waals surface area contributed by atoms with Crippen LogP contribution in [0.1, 0.15) is 22.6 Å². The largest absolute Gasteiger partial charge is 0.382 e. The number of carbonyl (C=O) groups is 1. The fourth-order valence-electron chi connectivity index (χ4n) is 1.44.